The summed E-state index contributed by atoms with van der Waals surface area (Å²) < 4.78 is 5.23. The highest BCUT2D eigenvalue weighted by molar-refractivity contribution is 6.01. The summed E-state index contributed by atoms with van der Waals surface area (Å²) >= 11 is 0. The Morgan fingerprint density at radius 2 is 2.05 bits per heavy atom. The molecule has 0 spiro atoms. The van der Waals surface area contributed by atoms with Crippen molar-refractivity contribution < 1.29 is 9.53 Å². The van der Waals surface area contributed by atoms with Crippen LogP contribution in [0.3, 0.4) is 0 Å². The van der Waals surface area contributed by atoms with E-state index in [2.05, 4.69) is 10.3 Å². The van der Waals surface area contributed by atoms with Crippen molar-refractivity contribution >= 4 is 16.8 Å². The molecule has 0 unspecified atom stereocenters. The van der Waals surface area contributed by atoms with Crippen LogP contribution in [0.2, 0.25) is 0 Å². The van der Waals surface area contributed by atoms with Gasteiger partial charge in [-0.25, -0.2) is 0 Å². The topological polar surface area (TPSA) is 54.1 Å². The van der Waals surface area contributed by atoms with E-state index in [1.54, 1.807) is 7.11 Å². The van der Waals surface area contributed by atoms with E-state index in [1.807, 2.05) is 25.1 Å². The minimum atomic E-state index is 0.00886. The highest BCUT2D eigenvalue weighted by Gasteiger charge is 2.20. The molecule has 2 N–H and O–H groups in total. The molecule has 1 aliphatic rings. The van der Waals surface area contributed by atoms with Gasteiger partial charge in [0, 0.05) is 23.0 Å². The Bertz CT molecular complexity index is 654. The summed E-state index contributed by atoms with van der Waals surface area (Å²) in [5, 5.41) is 4.24. The van der Waals surface area contributed by atoms with Crippen molar-refractivity contribution in [2.75, 3.05) is 7.11 Å². The molecular formula is C17H22N2O2. The molecule has 1 amide bonds. The second-order valence-electron chi connectivity index (χ2n) is 5.84. The summed E-state index contributed by atoms with van der Waals surface area (Å²) in [7, 11) is 1.65. The third-order valence-electron chi connectivity index (χ3n) is 4.43. The zero-order valence-electron chi connectivity index (χ0n) is 12.7. The van der Waals surface area contributed by atoms with E-state index in [9.17, 15) is 4.79 Å². The van der Waals surface area contributed by atoms with E-state index in [0.717, 1.165) is 35.1 Å². The summed E-state index contributed by atoms with van der Waals surface area (Å²) in [5.74, 6) is 0.803. The minimum Gasteiger partial charge on any atom is -0.497 e. The maximum absolute atomic E-state index is 12.5. The maximum atomic E-state index is 12.5. The van der Waals surface area contributed by atoms with Crippen LogP contribution >= 0.6 is 0 Å². The number of fused-ring (bicyclic) bond motifs is 1. The van der Waals surface area contributed by atoms with Gasteiger partial charge in [-0.3, -0.25) is 4.79 Å². The fraction of sp³-hybridized carbons (Fsp3) is 0.471. The fourth-order valence-electron chi connectivity index (χ4n) is 3.18. The molecule has 1 heterocycles. The Morgan fingerprint density at radius 1 is 1.29 bits per heavy atom. The standard InChI is InChI=1S/C17H22N2O2/c1-11-14-9-8-13(21-2)10-15(14)19-16(11)17(20)18-12-6-4-3-5-7-12/h8-10,12,19H,3-7H2,1-2H3,(H,18,20). The number of aromatic nitrogens is 1. The van der Waals surface area contributed by atoms with Crippen LogP contribution in [0.25, 0.3) is 10.9 Å². The van der Waals surface area contributed by atoms with E-state index in [1.165, 1.54) is 19.3 Å². The SMILES string of the molecule is COc1ccc2c(C)c(C(=O)NC3CCCCC3)[nH]c2c1. The fourth-order valence-corrected chi connectivity index (χ4v) is 3.18. The van der Waals surface area contributed by atoms with Gasteiger partial charge in [0.2, 0.25) is 0 Å². The molecule has 2 aromatic rings. The van der Waals surface area contributed by atoms with Crippen molar-refractivity contribution in [1.82, 2.24) is 10.3 Å². The summed E-state index contributed by atoms with van der Waals surface area (Å²) in [6.07, 6.45) is 5.91. The molecule has 1 saturated carbocycles. The number of carbonyl (C=O) groups is 1. The predicted molar refractivity (Wildman–Crippen MR) is 83.9 cm³/mol. The van der Waals surface area contributed by atoms with Crippen molar-refractivity contribution in [1.29, 1.82) is 0 Å². The number of methoxy groups -OCH3 is 1. The lowest BCUT2D eigenvalue weighted by Gasteiger charge is -2.22. The van der Waals surface area contributed by atoms with Crippen LogP contribution in [0.15, 0.2) is 18.2 Å². The van der Waals surface area contributed by atoms with Gasteiger partial charge in [-0.2, -0.15) is 0 Å². The molecule has 1 fully saturated rings. The van der Waals surface area contributed by atoms with Crippen molar-refractivity contribution in [3.63, 3.8) is 0 Å². The van der Waals surface area contributed by atoms with Gasteiger partial charge in [0.15, 0.2) is 0 Å². The third-order valence-corrected chi connectivity index (χ3v) is 4.43. The van der Waals surface area contributed by atoms with E-state index < -0.39 is 0 Å². The number of nitrogens with one attached hydrogen (secondary N) is 2. The molecule has 1 aliphatic carbocycles. The lowest BCUT2D eigenvalue weighted by atomic mass is 9.95. The first kappa shape index (κ1) is 14.0. The largest absolute Gasteiger partial charge is 0.497 e. The van der Waals surface area contributed by atoms with E-state index in [-0.39, 0.29) is 5.91 Å². The number of aryl methyl sites for hydroxylation is 1. The zero-order chi connectivity index (χ0) is 14.8. The van der Waals surface area contributed by atoms with E-state index in [4.69, 9.17) is 4.74 Å². The molecule has 0 radical (unpaired) electrons. The molecule has 0 atom stereocenters. The highest BCUT2D eigenvalue weighted by Crippen LogP contribution is 2.26. The average Bonchev–Trinajstić information content (AvgIpc) is 2.85. The lowest BCUT2D eigenvalue weighted by molar-refractivity contribution is 0.0923. The van der Waals surface area contributed by atoms with Gasteiger partial charge >= 0.3 is 0 Å². The molecule has 1 aromatic carbocycles. The monoisotopic (exact) mass is 286 g/mol. The molecule has 0 saturated heterocycles. The number of amides is 1. The van der Waals surface area contributed by atoms with Crippen molar-refractivity contribution in [2.45, 2.75) is 45.1 Å². The summed E-state index contributed by atoms with van der Waals surface area (Å²) in [5.41, 5.74) is 2.62. The lowest BCUT2D eigenvalue weighted by Crippen LogP contribution is -2.36. The first-order chi connectivity index (χ1) is 10.2. The smallest absolute Gasteiger partial charge is 0.268 e. The normalized spacial score (nSPS) is 16.1. The Balaban J connectivity index is 1.85. The van der Waals surface area contributed by atoms with Gasteiger partial charge in [-0.1, -0.05) is 19.3 Å². The molecule has 3 rings (SSSR count). The van der Waals surface area contributed by atoms with Gasteiger partial charge in [-0.15, -0.1) is 0 Å². The summed E-state index contributed by atoms with van der Waals surface area (Å²) in [6, 6.07) is 6.18. The second-order valence-corrected chi connectivity index (χ2v) is 5.84. The van der Waals surface area contributed by atoms with E-state index in [0.29, 0.717) is 11.7 Å². The van der Waals surface area contributed by atoms with Crippen molar-refractivity contribution in [3.8, 4) is 5.75 Å². The van der Waals surface area contributed by atoms with Crippen LogP contribution in [-0.2, 0) is 0 Å². The van der Waals surface area contributed by atoms with Crippen LogP contribution in [0, 0.1) is 6.92 Å². The van der Waals surface area contributed by atoms with Gasteiger partial charge in [0.05, 0.1) is 7.11 Å². The first-order valence-electron chi connectivity index (χ1n) is 7.66. The predicted octanol–water partition coefficient (Wildman–Crippen LogP) is 3.55. The van der Waals surface area contributed by atoms with Crippen LogP contribution in [0.4, 0.5) is 0 Å². The van der Waals surface area contributed by atoms with Crippen LogP contribution in [0.1, 0.15) is 48.2 Å². The number of H-pyrrole nitrogens is 1. The number of ether oxygens (including phenoxy) is 1. The first-order valence-corrected chi connectivity index (χ1v) is 7.66. The zero-order valence-corrected chi connectivity index (χ0v) is 12.7. The number of carbonyl (C=O) groups excluding carboxylic acids is 1. The summed E-state index contributed by atoms with van der Waals surface area (Å²) in [4.78, 5) is 15.7. The Morgan fingerprint density at radius 3 is 2.76 bits per heavy atom. The number of aromatic amines is 1. The molecule has 0 aliphatic heterocycles. The van der Waals surface area contributed by atoms with Crippen molar-refractivity contribution in [2.24, 2.45) is 0 Å². The van der Waals surface area contributed by atoms with Crippen LogP contribution in [-0.4, -0.2) is 24.0 Å². The molecule has 4 heteroatoms. The maximum Gasteiger partial charge on any atom is 0.268 e. The average molecular weight is 286 g/mol. The van der Waals surface area contributed by atoms with Gasteiger partial charge < -0.3 is 15.0 Å². The molecule has 112 valence electrons. The number of hydrogen-bond acceptors (Lipinski definition) is 2. The highest BCUT2D eigenvalue weighted by atomic mass is 16.5. The number of hydrogen-bond donors (Lipinski definition) is 2. The minimum absolute atomic E-state index is 0.00886. The Labute approximate surface area is 124 Å². The molecule has 0 bridgehead atoms. The van der Waals surface area contributed by atoms with Crippen molar-refractivity contribution in [3.05, 3.63) is 29.5 Å². The van der Waals surface area contributed by atoms with Crippen LogP contribution < -0.4 is 10.1 Å². The van der Waals surface area contributed by atoms with Gasteiger partial charge in [-0.05, 0) is 37.5 Å². The quantitative estimate of drug-likeness (QED) is 0.906. The second kappa shape index (κ2) is 5.80. The van der Waals surface area contributed by atoms with Gasteiger partial charge in [0.25, 0.3) is 5.91 Å². The summed E-state index contributed by atoms with van der Waals surface area (Å²) in [6.45, 7) is 1.99. The number of benzene rings is 1. The molecule has 21 heavy (non-hydrogen) atoms. The molecule has 1 aromatic heterocycles. The Kier molecular flexibility index (Phi) is 3.86. The number of rotatable bonds is 3. The van der Waals surface area contributed by atoms with E-state index >= 15 is 0 Å². The Hall–Kier alpha value is -1.97. The molecular weight excluding hydrogens is 264 g/mol. The molecule has 4 nitrogen and oxygen atoms in total. The third kappa shape index (κ3) is 2.75. The van der Waals surface area contributed by atoms with Gasteiger partial charge in [0.1, 0.15) is 11.4 Å². The van der Waals surface area contributed by atoms with Crippen LogP contribution in [0.5, 0.6) is 5.75 Å².